The first-order valence-electron chi connectivity index (χ1n) is 6.22. The van der Waals surface area contributed by atoms with Crippen LogP contribution in [0.15, 0.2) is 17.5 Å². The van der Waals surface area contributed by atoms with Gasteiger partial charge in [-0.2, -0.15) is 0 Å². The quantitative estimate of drug-likeness (QED) is 0.784. The van der Waals surface area contributed by atoms with Crippen LogP contribution < -0.4 is 0 Å². The van der Waals surface area contributed by atoms with Crippen LogP contribution in [-0.2, 0) is 20.9 Å². The third-order valence-corrected chi connectivity index (χ3v) is 3.40. The summed E-state index contributed by atoms with van der Waals surface area (Å²) in [7, 11) is 1.72. The summed E-state index contributed by atoms with van der Waals surface area (Å²) < 4.78 is 5.27. The molecule has 0 fully saturated rings. The molecule has 1 N–H and O–H groups in total. The van der Waals surface area contributed by atoms with Crippen LogP contribution in [-0.4, -0.2) is 41.6 Å². The lowest BCUT2D eigenvalue weighted by atomic mass is 10.3. The normalized spacial score (nSPS) is 11.2. The van der Waals surface area contributed by atoms with Gasteiger partial charge in [0.05, 0.1) is 6.10 Å². The number of rotatable bonds is 7. The molecule has 0 aromatic carbocycles. The van der Waals surface area contributed by atoms with Gasteiger partial charge in [0, 0.05) is 24.5 Å². The summed E-state index contributed by atoms with van der Waals surface area (Å²) in [5.74, 6) is -1.05. The topological polar surface area (TPSA) is 66.8 Å². The van der Waals surface area contributed by atoms with Gasteiger partial charge in [-0.1, -0.05) is 0 Å². The minimum absolute atomic E-state index is 0.0289. The van der Waals surface area contributed by atoms with E-state index in [1.165, 1.54) is 11.3 Å². The van der Waals surface area contributed by atoms with Crippen LogP contribution >= 0.6 is 11.3 Å². The van der Waals surface area contributed by atoms with Crippen LogP contribution in [0.1, 0.15) is 24.3 Å². The molecular weight excluding hydrogens is 278 g/mol. The number of hydrogen-bond acceptors (Lipinski definition) is 4. The van der Waals surface area contributed by atoms with Crippen LogP contribution in [0.4, 0.5) is 0 Å². The number of aliphatic carboxylic acids is 1. The highest BCUT2D eigenvalue weighted by Gasteiger charge is 2.11. The average molecular weight is 297 g/mol. The van der Waals surface area contributed by atoms with Gasteiger partial charge in [0.2, 0.25) is 5.91 Å². The van der Waals surface area contributed by atoms with E-state index in [1.807, 2.05) is 25.3 Å². The van der Waals surface area contributed by atoms with E-state index < -0.39 is 5.97 Å². The predicted molar refractivity (Wildman–Crippen MR) is 78.6 cm³/mol. The fourth-order valence-corrected chi connectivity index (χ4v) is 2.22. The second kappa shape index (κ2) is 7.81. The van der Waals surface area contributed by atoms with Crippen molar-refractivity contribution in [2.75, 3.05) is 13.7 Å². The van der Waals surface area contributed by atoms with E-state index in [2.05, 4.69) is 0 Å². The molecule has 1 aromatic heterocycles. The minimum Gasteiger partial charge on any atom is -0.478 e. The highest BCUT2D eigenvalue weighted by atomic mass is 32.1. The molecule has 1 rings (SSSR count). The Morgan fingerprint density at radius 3 is 2.80 bits per heavy atom. The van der Waals surface area contributed by atoms with Gasteiger partial charge in [0.25, 0.3) is 0 Å². The third-order valence-electron chi connectivity index (χ3n) is 2.45. The number of amides is 1. The summed E-state index contributed by atoms with van der Waals surface area (Å²) in [6.07, 6.45) is 2.67. The van der Waals surface area contributed by atoms with E-state index in [0.717, 1.165) is 16.5 Å². The number of carbonyl (C=O) groups excluding carboxylic acids is 1. The van der Waals surface area contributed by atoms with Gasteiger partial charge < -0.3 is 14.7 Å². The molecule has 0 radical (unpaired) electrons. The van der Waals surface area contributed by atoms with Crippen LogP contribution in [0.2, 0.25) is 0 Å². The molecule has 6 heteroatoms. The molecule has 0 aliphatic rings. The molecule has 5 nitrogen and oxygen atoms in total. The maximum Gasteiger partial charge on any atom is 0.328 e. The zero-order valence-corrected chi connectivity index (χ0v) is 12.6. The van der Waals surface area contributed by atoms with Gasteiger partial charge in [-0.3, -0.25) is 4.79 Å². The molecule has 0 spiro atoms. The van der Waals surface area contributed by atoms with Gasteiger partial charge in [0.1, 0.15) is 6.61 Å². The van der Waals surface area contributed by atoms with Crippen molar-refractivity contribution in [3.63, 3.8) is 0 Å². The maximum atomic E-state index is 11.8. The van der Waals surface area contributed by atoms with Crippen molar-refractivity contribution in [1.82, 2.24) is 4.90 Å². The second-order valence-electron chi connectivity index (χ2n) is 4.64. The number of carboxylic acid groups (broad SMARTS) is 1. The number of nitrogens with zero attached hydrogens (tertiary/aromatic N) is 1. The fraction of sp³-hybridized carbons (Fsp3) is 0.429. The molecule has 1 amide bonds. The summed E-state index contributed by atoms with van der Waals surface area (Å²) in [5, 5.41) is 10.5. The SMILES string of the molecule is CC(C)OCC(=O)N(C)Cc1csc(/C=C/C(=O)O)c1. The molecule has 1 aromatic rings. The Kier molecular flexibility index (Phi) is 6.41. The van der Waals surface area contributed by atoms with E-state index in [4.69, 9.17) is 9.84 Å². The first kappa shape index (κ1) is 16.4. The van der Waals surface area contributed by atoms with Gasteiger partial charge in [-0.25, -0.2) is 4.79 Å². The monoisotopic (exact) mass is 297 g/mol. The van der Waals surface area contributed by atoms with Gasteiger partial charge in [0.15, 0.2) is 0 Å². The standard InChI is InChI=1S/C14H19NO4S/c1-10(2)19-8-13(16)15(3)7-11-6-12(20-9-11)4-5-14(17)18/h4-6,9-10H,7-8H2,1-3H3,(H,17,18)/b5-4+. The smallest absolute Gasteiger partial charge is 0.328 e. The minimum atomic E-state index is -0.974. The zero-order chi connectivity index (χ0) is 15.1. The number of carbonyl (C=O) groups is 2. The largest absolute Gasteiger partial charge is 0.478 e. The molecule has 0 saturated carbocycles. The van der Waals surface area contributed by atoms with Crippen molar-refractivity contribution >= 4 is 29.3 Å². The summed E-state index contributed by atoms with van der Waals surface area (Å²) in [4.78, 5) is 24.7. The van der Waals surface area contributed by atoms with E-state index in [-0.39, 0.29) is 18.6 Å². The number of thiophene rings is 1. The summed E-state index contributed by atoms with van der Waals surface area (Å²) in [6, 6.07) is 1.87. The predicted octanol–water partition coefficient (Wildman–Crippen LogP) is 2.23. The van der Waals surface area contributed by atoms with Crippen molar-refractivity contribution < 1.29 is 19.4 Å². The van der Waals surface area contributed by atoms with E-state index in [0.29, 0.717) is 6.54 Å². The molecule has 0 aliphatic carbocycles. The molecular formula is C14H19NO4S. The maximum absolute atomic E-state index is 11.8. The number of ether oxygens (including phenoxy) is 1. The molecule has 110 valence electrons. The Hall–Kier alpha value is -1.66. The van der Waals surface area contributed by atoms with Crippen molar-refractivity contribution in [3.05, 3.63) is 28.0 Å². The van der Waals surface area contributed by atoms with Crippen LogP contribution in [0.5, 0.6) is 0 Å². The lowest BCUT2D eigenvalue weighted by molar-refractivity contribution is -0.136. The third kappa shape index (κ3) is 5.99. The van der Waals surface area contributed by atoms with Crippen molar-refractivity contribution in [3.8, 4) is 0 Å². The number of likely N-dealkylation sites (N-methyl/N-ethyl adjacent to an activating group) is 1. The summed E-state index contributed by atoms with van der Waals surface area (Å²) >= 11 is 1.44. The molecule has 0 bridgehead atoms. The Balaban J connectivity index is 2.51. The van der Waals surface area contributed by atoms with Crippen molar-refractivity contribution in [2.24, 2.45) is 0 Å². The van der Waals surface area contributed by atoms with Gasteiger partial charge in [-0.05, 0) is 36.9 Å². The Morgan fingerprint density at radius 1 is 1.50 bits per heavy atom. The molecule has 0 aliphatic heterocycles. The van der Waals surface area contributed by atoms with Crippen LogP contribution in [0.3, 0.4) is 0 Å². The zero-order valence-electron chi connectivity index (χ0n) is 11.8. The van der Waals surface area contributed by atoms with E-state index >= 15 is 0 Å². The lowest BCUT2D eigenvalue weighted by Crippen LogP contribution is -2.30. The highest BCUT2D eigenvalue weighted by Crippen LogP contribution is 2.17. The van der Waals surface area contributed by atoms with Crippen molar-refractivity contribution in [2.45, 2.75) is 26.5 Å². The molecule has 20 heavy (non-hydrogen) atoms. The Bertz CT molecular complexity index is 493. The summed E-state index contributed by atoms with van der Waals surface area (Å²) in [5.41, 5.74) is 0.973. The van der Waals surface area contributed by atoms with Crippen molar-refractivity contribution in [1.29, 1.82) is 0 Å². The first-order chi connectivity index (χ1) is 9.38. The van der Waals surface area contributed by atoms with E-state index in [1.54, 1.807) is 18.0 Å². The second-order valence-corrected chi connectivity index (χ2v) is 5.58. The molecule has 1 heterocycles. The van der Waals surface area contributed by atoms with Gasteiger partial charge in [-0.15, -0.1) is 11.3 Å². The number of carboxylic acids is 1. The summed E-state index contributed by atoms with van der Waals surface area (Å²) in [6.45, 7) is 4.32. The lowest BCUT2D eigenvalue weighted by Gasteiger charge is -2.17. The first-order valence-corrected chi connectivity index (χ1v) is 7.10. The highest BCUT2D eigenvalue weighted by molar-refractivity contribution is 7.11. The Morgan fingerprint density at radius 2 is 2.20 bits per heavy atom. The van der Waals surface area contributed by atoms with Crippen LogP contribution in [0.25, 0.3) is 6.08 Å². The molecule has 0 atom stereocenters. The fourth-order valence-electron chi connectivity index (χ4n) is 1.43. The van der Waals surface area contributed by atoms with E-state index in [9.17, 15) is 9.59 Å². The molecule has 0 saturated heterocycles. The number of hydrogen-bond donors (Lipinski definition) is 1. The molecule has 0 unspecified atom stereocenters. The average Bonchev–Trinajstić information content (AvgIpc) is 2.81. The van der Waals surface area contributed by atoms with Gasteiger partial charge >= 0.3 is 5.97 Å². The Labute approximate surface area is 122 Å². The van der Waals surface area contributed by atoms with Crippen LogP contribution in [0, 0.1) is 0 Å².